The molecule has 0 radical (unpaired) electrons. The van der Waals surface area contributed by atoms with Gasteiger partial charge in [0.05, 0.1) is 23.0 Å². The molecular weight excluding hydrogens is 554 g/mol. The molecule has 3 atom stereocenters. The normalized spacial score (nSPS) is 25.4. The number of aryl methyl sites for hydroxylation is 2. The largest absolute Gasteiger partial charge is 0.465 e. The van der Waals surface area contributed by atoms with Crippen LogP contribution < -0.4 is 4.72 Å². The Balaban J connectivity index is 1.80. The molecule has 1 aliphatic heterocycles. The maximum absolute atomic E-state index is 13.8. The lowest BCUT2D eigenvalue weighted by molar-refractivity contribution is -0.121. The zero-order valence-electron chi connectivity index (χ0n) is 23.8. The van der Waals surface area contributed by atoms with Gasteiger partial charge >= 0.3 is 0 Å². The van der Waals surface area contributed by atoms with Gasteiger partial charge in [-0.05, 0) is 50.3 Å². The predicted octanol–water partition coefficient (Wildman–Crippen LogP) is 5.60. The highest BCUT2D eigenvalue weighted by Crippen LogP contribution is 2.54. The summed E-state index contributed by atoms with van der Waals surface area (Å²) in [6.07, 6.45) is 2.15. The Labute approximate surface area is 239 Å². The van der Waals surface area contributed by atoms with Crippen molar-refractivity contribution in [3.63, 3.8) is 0 Å². The standard InChI is InChI=1S/C30H34ClNO7S/c1-14-8-18-15(2)17(16(3)28(35)32-40(7,36)37)9-19(27(18)38-14)24-25-20(33)10-29(4,5)12-22(25)39-23-13-30(6,31)11-21(34)26(23)24/h8-9,16,24H,10-13H2,1-7H3,(H,32,35). The van der Waals surface area contributed by atoms with Crippen LogP contribution in [-0.4, -0.2) is 37.0 Å². The van der Waals surface area contributed by atoms with Gasteiger partial charge in [-0.2, -0.15) is 0 Å². The molecule has 0 saturated heterocycles. The maximum Gasteiger partial charge on any atom is 0.240 e. The van der Waals surface area contributed by atoms with E-state index in [0.717, 1.165) is 17.2 Å². The van der Waals surface area contributed by atoms with Gasteiger partial charge in [0.1, 0.15) is 22.9 Å². The van der Waals surface area contributed by atoms with Gasteiger partial charge in [-0.3, -0.25) is 19.1 Å². The molecule has 3 unspecified atom stereocenters. The van der Waals surface area contributed by atoms with Crippen molar-refractivity contribution in [1.82, 2.24) is 4.72 Å². The minimum atomic E-state index is -3.78. The molecule has 0 bridgehead atoms. The van der Waals surface area contributed by atoms with Crippen molar-refractivity contribution in [2.75, 3.05) is 6.26 Å². The summed E-state index contributed by atoms with van der Waals surface area (Å²) < 4.78 is 38.3. The summed E-state index contributed by atoms with van der Waals surface area (Å²) in [5.74, 6) is -0.961. The molecule has 1 amide bonds. The number of fused-ring (bicyclic) bond motifs is 1. The van der Waals surface area contributed by atoms with Crippen LogP contribution in [0, 0.1) is 19.3 Å². The fourth-order valence-electron chi connectivity index (χ4n) is 6.37. The van der Waals surface area contributed by atoms with Gasteiger partial charge in [0, 0.05) is 47.8 Å². The predicted molar refractivity (Wildman–Crippen MR) is 151 cm³/mol. The zero-order chi connectivity index (χ0) is 29.5. The third-order valence-corrected chi connectivity index (χ3v) is 8.92. The highest BCUT2D eigenvalue weighted by atomic mass is 35.5. The van der Waals surface area contributed by atoms with Crippen LogP contribution in [0.3, 0.4) is 0 Å². The average molecular weight is 588 g/mol. The molecule has 0 spiro atoms. The van der Waals surface area contributed by atoms with Crippen molar-refractivity contribution in [2.24, 2.45) is 5.41 Å². The molecule has 2 heterocycles. The van der Waals surface area contributed by atoms with Crippen LogP contribution in [-0.2, 0) is 29.1 Å². The summed E-state index contributed by atoms with van der Waals surface area (Å²) in [6, 6.07) is 3.64. The molecule has 5 rings (SSSR count). The lowest BCUT2D eigenvalue weighted by Gasteiger charge is -2.42. The third kappa shape index (κ3) is 5.02. The number of carbonyl (C=O) groups is 3. The van der Waals surface area contributed by atoms with Crippen molar-refractivity contribution < 1.29 is 32.0 Å². The number of nitrogens with one attached hydrogen (secondary N) is 1. The van der Waals surface area contributed by atoms with Crippen LogP contribution in [0.1, 0.15) is 87.7 Å². The monoisotopic (exact) mass is 587 g/mol. The van der Waals surface area contributed by atoms with Gasteiger partial charge in [-0.1, -0.05) is 19.9 Å². The van der Waals surface area contributed by atoms with E-state index in [-0.39, 0.29) is 23.4 Å². The van der Waals surface area contributed by atoms with E-state index in [1.54, 1.807) is 26.8 Å². The zero-order valence-corrected chi connectivity index (χ0v) is 25.4. The van der Waals surface area contributed by atoms with Crippen LogP contribution in [0.2, 0.25) is 0 Å². The van der Waals surface area contributed by atoms with Crippen LogP contribution >= 0.6 is 11.6 Å². The molecule has 214 valence electrons. The van der Waals surface area contributed by atoms with Gasteiger partial charge < -0.3 is 9.15 Å². The molecule has 0 fully saturated rings. The molecule has 3 aliphatic rings. The van der Waals surface area contributed by atoms with Crippen molar-refractivity contribution in [3.05, 3.63) is 57.2 Å². The first-order valence-corrected chi connectivity index (χ1v) is 15.6. The lowest BCUT2D eigenvalue weighted by Crippen LogP contribution is -2.39. The fraction of sp³-hybridized carbons (Fsp3) is 0.500. The second-order valence-electron chi connectivity index (χ2n) is 12.6. The Morgan fingerprint density at radius 1 is 1.02 bits per heavy atom. The minimum absolute atomic E-state index is 0.0851. The Kier molecular flexibility index (Phi) is 6.66. The maximum atomic E-state index is 13.8. The summed E-state index contributed by atoms with van der Waals surface area (Å²) in [5, 5.41) is 0.730. The van der Waals surface area contributed by atoms with E-state index in [4.69, 9.17) is 20.8 Å². The molecule has 2 aromatic rings. The lowest BCUT2D eigenvalue weighted by atomic mass is 9.67. The number of amides is 1. The molecule has 1 aromatic heterocycles. The van der Waals surface area contributed by atoms with E-state index in [1.165, 1.54) is 0 Å². The summed E-state index contributed by atoms with van der Waals surface area (Å²) in [4.78, 5) is 39.6. The van der Waals surface area contributed by atoms with E-state index in [2.05, 4.69) is 4.72 Å². The number of furan rings is 1. The first-order valence-electron chi connectivity index (χ1n) is 13.3. The van der Waals surface area contributed by atoms with Crippen LogP contribution in [0.5, 0.6) is 0 Å². The number of alkyl halides is 1. The number of Topliss-reactive ketones (excluding diaryl/α,β-unsaturated/α-hetero) is 2. The molecule has 40 heavy (non-hydrogen) atoms. The highest BCUT2D eigenvalue weighted by molar-refractivity contribution is 7.89. The fourth-order valence-corrected chi connectivity index (χ4v) is 7.15. The van der Waals surface area contributed by atoms with Crippen LogP contribution in [0.15, 0.2) is 39.2 Å². The number of hydrogen-bond donors (Lipinski definition) is 1. The summed E-state index contributed by atoms with van der Waals surface area (Å²) in [5.41, 5.74) is 2.92. The number of carbonyl (C=O) groups excluding carboxylic acids is 3. The summed E-state index contributed by atoms with van der Waals surface area (Å²) >= 11 is 6.68. The van der Waals surface area contributed by atoms with Gasteiger partial charge in [0.25, 0.3) is 0 Å². The van der Waals surface area contributed by atoms with Gasteiger partial charge in [0.2, 0.25) is 15.9 Å². The number of hydrogen-bond acceptors (Lipinski definition) is 7. The quantitative estimate of drug-likeness (QED) is 0.462. The molecule has 1 aromatic carbocycles. The number of ether oxygens (including phenoxy) is 1. The Hall–Kier alpha value is -2.91. The second kappa shape index (κ2) is 9.31. The topological polar surface area (TPSA) is 120 Å². The number of ketones is 2. The minimum Gasteiger partial charge on any atom is -0.465 e. The van der Waals surface area contributed by atoms with E-state index >= 15 is 0 Å². The smallest absolute Gasteiger partial charge is 0.240 e. The summed E-state index contributed by atoms with van der Waals surface area (Å²) in [7, 11) is -3.78. The Bertz CT molecular complexity index is 1620. The third-order valence-electron chi connectivity index (χ3n) is 8.08. The van der Waals surface area contributed by atoms with Crippen molar-refractivity contribution >= 4 is 50.1 Å². The molecule has 0 saturated carbocycles. The highest BCUT2D eigenvalue weighted by Gasteiger charge is 2.49. The first-order chi connectivity index (χ1) is 18.4. The summed E-state index contributed by atoms with van der Waals surface area (Å²) in [6.45, 7) is 11.1. The molecule has 8 nitrogen and oxygen atoms in total. The van der Waals surface area contributed by atoms with E-state index in [0.29, 0.717) is 64.4 Å². The molecular formula is C30H34ClNO7S. The van der Waals surface area contributed by atoms with Gasteiger partial charge in [0.15, 0.2) is 11.6 Å². The number of benzene rings is 1. The average Bonchev–Trinajstić information content (AvgIpc) is 3.17. The van der Waals surface area contributed by atoms with Crippen LogP contribution in [0.4, 0.5) is 0 Å². The number of allylic oxidation sites excluding steroid dienone is 4. The van der Waals surface area contributed by atoms with Crippen LogP contribution in [0.25, 0.3) is 11.0 Å². The van der Waals surface area contributed by atoms with Crippen molar-refractivity contribution in [3.8, 4) is 0 Å². The van der Waals surface area contributed by atoms with E-state index in [9.17, 15) is 22.8 Å². The van der Waals surface area contributed by atoms with Crippen molar-refractivity contribution in [2.45, 2.75) is 83.9 Å². The number of sulfonamides is 1. The Morgan fingerprint density at radius 3 is 2.25 bits per heavy atom. The van der Waals surface area contributed by atoms with Crippen molar-refractivity contribution in [1.29, 1.82) is 0 Å². The SMILES string of the molecule is Cc1cc2c(C)c(C(C)C(=O)NS(C)(=O)=O)cc(C3C4=C(CC(C)(C)CC4=O)OC4=C3C(=O)CC(C)(Cl)C4)c2o1. The molecule has 2 aliphatic carbocycles. The number of rotatable bonds is 4. The molecule has 1 N–H and O–H groups in total. The van der Waals surface area contributed by atoms with Gasteiger partial charge in [-0.25, -0.2) is 8.42 Å². The van der Waals surface area contributed by atoms with E-state index < -0.39 is 32.6 Å². The van der Waals surface area contributed by atoms with Gasteiger partial charge in [-0.15, -0.1) is 11.6 Å². The van der Waals surface area contributed by atoms with E-state index in [1.807, 2.05) is 26.8 Å². The second-order valence-corrected chi connectivity index (χ2v) is 15.2. The molecule has 10 heteroatoms. The first kappa shape index (κ1) is 28.6. The Morgan fingerprint density at radius 2 is 1.62 bits per heavy atom. The number of halogens is 1.